The highest BCUT2D eigenvalue weighted by atomic mass is 79.9. The Kier molecular flexibility index (Phi) is 5.65. The summed E-state index contributed by atoms with van der Waals surface area (Å²) in [7, 11) is 0. The number of hydrogen-bond donors (Lipinski definition) is 0. The standard InChI is InChI=1S/C13H10BrF2N7O3S/c1-27-13-19-18-12(10(15)16)22(13)17-4-7-2-3-8(26-7)5-21-6-9(14)11(20-21)23(24)25/h2-4,6,10H,5H2,1H3/b17-4-. The number of nitro groups is 1. The molecule has 0 N–H and O–H groups in total. The summed E-state index contributed by atoms with van der Waals surface area (Å²) in [6.45, 7) is 0.144. The van der Waals surface area contributed by atoms with Crippen molar-refractivity contribution in [3.63, 3.8) is 0 Å². The second kappa shape index (κ2) is 7.96. The molecule has 0 aromatic carbocycles. The molecule has 0 unspecified atom stereocenters. The first-order valence-corrected chi connectivity index (χ1v) is 9.18. The molecule has 0 spiro atoms. The maximum absolute atomic E-state index is 12.9. The van der Waals surface area contributed by atoms with Crippen LogP contribution < -0.4 is 0 Å². The van der Waals surface area contributed by atoms with Crippen LogP contribution in [0, 0.1) is 10.1 Å². The van der Waals surface area contributed by atoms with E-state index in [4.69, 9.17) is 4.42 Å². The van der Waals surface area contributed by atoms with Crippen molar-refractivity contribution in [3.05, 3.63) is 50.3 Å². The quantitative estimate of drug-likeness (QED) is 0.229. The first kappa shape index (κ1) is 19.2. The van der Waals surface area contributed by atoms with Gasteiger partial charge in [-0.25, -0.2) is 8.78 Å². The molecule has 3 heterocycles. The van der Waals surface area contributed by atoms with Gasteiger partial charge in [0.15, 0.2) is 0 Å². The zero-order valence-electron chi connectivity index (χ0n) is 13.5. The van der Waals surface area contributed by atoms with Crippen LogP contribution in [-0.4, -0.2) is 42.0 Å². The lowest BCUT2D eigenvalue weighted by molar-refractivity contribution is -0.390. The van der Waals surface area contributed by atoms with E-state index in [1.807, 2.05) is 0 Å². The van der Waals surface area contributed by atoms with Gasteiger partial charge >= 0.3 is 5.82 Å². The zero-order valence-corrected chi connectivity index (χ0v) is 15.9. The van der Waals surface area contributed by atoms with Crippen molar-refractivity contribution in [2.75, 3.05) is 6.26 Å². The van der Waals surface area contributed by atoms with E-state index >= 15 is 0 Å². The van der Waals surface area contributed by atoms with Gasteiger partial charge < -0.3 is 14.5 Å². The SMILES string of the molecule is CSc1nnc(C(F)F)n1/N=C\c1ccc(Cn2cc(Br)c([N+](=O)[O-])n2)o1. The molecule has 10 nitrogen and oxygen atoms in total. The molecule has 0 aliphatic rings. The van der Waals surface area contributed by atoms with Gasteiger partial charge in [-0.05, 0) is 39.2 Å². The van der Waals surface area contributed by atoms with Crippen LogP contribution in [0.4, 0.5) is 14.6 Å². The topological polar surface area (TPSA) is 117 Å². The van der Waals surface area contributed by atoms with E-state index < -0.39 is 17.2 Å². The van der Waals surface area contributed by atoms with Crippen molar-refractivity contribution in [2.45, 2.75) is 18.1 Å². The molecule has 0 bridgehead atoms. The molecule has 3 rings (SSSR count). The Morgan fingerprint density at radius 2 is 2.26 bits per heavy atom. The third kappa shape index (κ3) is 4.21. The highest BCUT2D eigenvalue weighted by Crippen LogP contribution is 2.23. The summed E-state index contributed by atoms with van der Waals surface area (Å²) in [6.07, 6.45) is 1.54. The van der Waals surface area contributed by atoms with Gasteiger partial charge in [0, 0.05) is 0 Å². The predicted octanol–water partition coefficient (Wildman–Crippen LogP) is 3.33. The summed E-state index contributed by atoms with van der Waals surface area (Å²) in [4.78, 5) is 10.2. The molecule has 3 aromatic rings. The summed E-state index contributed by atoms with van der Waals surface area (Å²) in [6, 6.07) is 3.20. The molecule has 0 atom stereocenters. The summed E-state index contributed by atoms with van der Waals surface area (Å²) in [5.41, 5.74) is 0. The molecule has 0 fully saturated rings. The van der Waals surface area contributed by atoms with Crippen LogP contribution >= 0.6 is 27.7 Å². The second-order valence-electron chi connectivity index (χ2n) is 4.96. The third-order valence-corrected chi connectivity index (χ3v) is 4.37. The Labute approximate surface area is 162 Å². The number of hydrogen-bond acceptors (Lipinski definition) is 8. The van der Waals surface area contributed by atoms with Crippen molar-refractivity contribution < 1.29 is 18.1 Å². The number of halogens is 3. The van der Waals surface area contributed by atoms with Crippen molar-refractivity contribution >= 4 is 39.7 Å². The van der Waals surface area contributed by atoms with Crippen molar-refractivity contribution in [3.8, 4) is 0 Å². The summed E-state index contributed by atoms with van der Waals surface area (Å²) in [5, 5.41) is 25.8. The Hall–Kier alpha value is -2.61. The molecule has 27 heavy (non-hydrogen) atoms. The molecule has 0 radical (unpaired) electrons. The molecule has 3 aromatic heterocycles. The molecular formula is C13H10BrF2N7O3S. The van der Waals surface area contributed by atoms with Gasteiger partial charge in [-0.2, -0.15) is 14.5 Å². The van der Waals surface area contributed by atoms with Gasteiger partial charge in [-0.3, -0.25) is 0 Å². The van der Waals surface area contributed by atoms with E-state index in [1.54, 1.807) is 18.4 Å². The molecule has 0 saturated carbocycles. The number of alkyl halides is 2. The van der Waals surface area contributed by atoms with Crippen LogP contribution in [0.25, 0.3) is 0 Å². The van der Waals surface area contributed by atoms with Crippen molar-refractivity contribution in [2.24, 2.45) is 5.10 Å². The lowest BCUT2D eigenvalue weighted by atomic mass is 10.4. The first-order valence-electron chi connectivity index (χ1n) is 7.17. The average Bonchev–Trinajstić information content (AvgIpc) is 3.31. The Morgan fingerprint density at radius 1 is 1.48 bits per heavy atom. The van der Waals surface area contributed by atoms with Crippen LogP contribution in [0.2, 0.25) is 0 Å². The van der Waals surface area contributed by atoms with Gasteiger partial charge in [0.05, 0.1) is 17.5 Å². The van der Waals surface area contributed by atoms with E-state index in [0.29, 0.717) is 11.5 Å². The van der Waals surface area contributed by atoms with E-state index in [-0.39, 0.29) is 22.0 Å². The minimum absolute atomic E-state index is 0.144. The number of thioether (sulfide) groups is 1. The summed E-state index contributed by atoms with van der Waals surface area (Å²) >= 11 is 4.18. The normalized spacial score (nSPS) is 11.7. The number of aromatic nitrogens is 5. The molecule has 0 aliphatic carbocycles. The molecule has 0 amide bonds. The second-order valence-corrected chi connectivity index (χ2v) is 6.59. The maximum Gasteiger partial charge on any atom is 0.404 e. The minimum Gasteiger partial charge on any atom is -0.458 e. The zero-order chi connectivity index (χ0) is 19.6. The minimum atomic E-state index is -2.82. The monoisotopic (exact) mass is 461 g/mol. The summed E-state index contributed by atoms with van der Waals surface area (Å²) in [5.74, 6) is -0.132. The smallest absolute Gasteiger partial charge is 0.404 e. The molecular weight excluding hydrogens is 452 g/mol. The largest absolute Gasteiger partial charge is 0.458 e. The number of rotatable bonds is 7. The van der Waals surface area contributed by atoms with Gasteiger partial charge in [-0.1, -0.05) is 11.8 Å². The number of furan rings is 1. The van der Waals surface area contributed by atoms with E-state index in [0.717, 1.165) is 16.4 Å². The molecule has 142 valence electrons. The van der Waals surface area contributed by atoms with Crippen LogP contribution in [0.1, 0.15) is 23.8 Å². The van der Waals surface area contributed by atoms with Crippen LogP contribution in [0.3, 0.4) is 0 Å². The Morgan fingerprint density at radius 3 is 2.89 bits per heavy atom. The molecule has 14 heteroatoms. The average molecular weight is 462 g/mol. The van der Waals surface area contributed by atoms with Crippen LogP contribution in [0.15, 0.2) is 37.5 Å². The highest BCUT2D eigenvalue weighted by molar-refractivity contribution is 9.10. The van der Waals surface area contributed by atoms with Crippen molar-refractivity contribution in [1.82, 2.24) is 24.7 Å². The van der Waals surface area contributed by atoms with Gasteiger partial charge in [0.1, 0.15) is 22.5 Å². The lowest BCUT2D eigenvalue weighted by Gasteiger charge is -2.00. The Bertz CT molecular complexity index is 1000. The first-order chi connectivity index (χ1) is 12.9. The van der Waals surface area contributed by atoms with Gasteiger partial charge in [0.25, 0.3) is 6.43 Å². The van der Waals surface area contributed by atoms with Crippen LogP contribution in [-0.2, 0) is 6.54 Å². The fourth-order valence-electron chi connectivity index (χ4n) is 2.06. The van der Waals surface area contributed by atoms with Gasteiger partial charge in [0.2, 0.25) is 11.0 Å². The van der Waals surface area contributed by atoms with E-state index in [2.05, 4.69) is 36.3 Å². The number of nitrogens with zero attached hydrogens (tertiary/aromatic N) is 7. The van der Waals surface area contributed by atoms with Crippen molar-refractivity contribution in [1.29, 1.82) is 0 Å². The predicted molar refractivity (Wildman–Crippen MR) is 94.1 cm³/mol. The lowest BCUT2D eigenvalue weighted by Crippen LogP contribution is -2.01. The molecule has 0 aliphatic heterocycles. The summed E-state index contributed by atoms with van der Waals surface area (Å²) < 4.78 is 33.9. The Balaban J connectivity index is 1.77. The van der Waals surface area contributed by atoms with Crippen LogP contribution in [0.5, 0.6) is 0 Å². The van der Waals surface area contributed by atoms with E-state index in [9.17, 15) is 18.9 Å². The fourth-order valence-corrected chi connectivity index (χ4v) is 2.96. The van der Waals surface area contributed by atoms with Gasteiger partial charge in [-0.15, -0.1) is 10.2 Å². The molecule has 0 saturated heterocycles. The third-order valence-electron chi connectivity index (χ3n) is 3.19. The highest BCUT2D eigenvalue weighted by Gasteiger charge is 2.20. The maximum atomic E-state index is 12.9. The fraction of sp³-hybridized carbons (Fsp3) is 0.231. The van der Waals surface area contributed by atoms with E-state index in [1.165, 1.54) is 17.1 Å².